The minimum absolute atomic E-state index is 0. The standard InChI is InChI=1S/C32H46BF3N4O4.2ClH/c1-30(2)21-15-25(30)31(3)26(16-21)43-33(44-31)27(11-4-5-12-37)39-28(41)24-10-7-13-40(24)29(42)23-18-38-17-22(23)19-8-6-9-20(14-19)32(34,35)36;;/h6,8-9,14,21-27,38H,4-5,7,10-13,15-18,37H2,1-3H3,(H,39,41);2*1H/t21-,22-,23+,24-,25-,26+,27-,31-;;/m0../s1. The van der Waals surface area contributed by atoms with Gasteiger partial charge in [-0.2, -0.15) is 13.2 Å². The number of hydrogen-bond acceptors (Lipinski definition) is 6. The smallest absolute Gasteiger partial charge is 0.404 e. The van der Waals surface area contributed by atoms with Crippen LogP contribution in [0.1, 0.15) is 82.8 Å². The molecule has 3 saturated carbocycles. The van der Waals surface area contributed by atoms with E-state index in [1.165, 1.54) is 6.07 Å². The number of amides is 2. The molecule has 8 nitrogen and oxygen atoms in total. The Morgan fingerprint density at radius 3 is 2.63 bits per heavy atom. The minimum Gasteiger partial charge on any atom is -0.404 e. The summed E-state index contributed by atoms with van der Waals surface area (Å²) in [6, 6.07) is 4.59. The number of nitrogens with two attached hydrogens (primary N) is 1. The van der Waals surface area contributed by atoms with E-state index in [4.69, 9.17) is 15.0 Å². The molecule has 2 bridgehead atoms. The van der Waals surface area contributed by atoms with E-state index in [-0.39, 0.29) is 54.1 Å². The molecule has 46 heavy (non-hydrogen) atoms. The molecule has 4 N–H and O–H groups in total. The molecule has 0 spiro atoms. The van der Waals surface area contributed by atoms with Crippen LogP contribution in [-0.4, -0.2) is 73.7 Å². The highest BCUT2D eigenvalue weighted by Crippen LogP contribution is 2.65. The summed E-state index contributed by atoms with van der Waals surface area (Å²) in [6.45, 7) is 8.54. The second-order valence-electron chi connectivity index (χ2n) is 14.4. The average molecular weight is 691 g/mol. The van der Waals surface area contributed by atoms with Crippen molar-refractivity contribution >= 4 is 43.7 Å². The maximum absolute atomic E-state index is 13.9. The van der Waals surface area contributed by atoms with Crippen molar-refractivity contribution in [1.29, 1.82) is 0 Å². The van der Waals surface area contributed by atoms with Crippen molar-refractivity contribution in [2.75, 3.05) is 26.2 Å². The number of benzene rings is 1. The molecule has 6 aliphatic rings. The van der Waals surface area contributed by atoms with Crippen LogP contribution in [0.5, 0.6) is 0 Å². The van der Waals surface area contributed by atoms with Crippen molar-refractivity contribution in [3.05, 3.63) is 35.4 Å². The number of carbonyl (C=O) groups is 2. The van der Waals surface area contributed by atoms with Gasteiger partial charge in [0.05, 0.1) is 29.1 Å². The fraction of sp³-hybridized carbons (Fsp3) is 0.750. The quantitative estimate of drug-likeness (QED) is 0.256. The Morgan fingerprint density at radius 2 is 1.93 bits per heavy atom. The van der Waals surface area contributed by atoms with Crippen LogP contribution in [0, 0.1) is 23.2 Å². The lowest BCUT2D eigenvalue weighted by atomic mass is 9.43. The Bertz CT molecular complexity index is 1260. The van der Waals surface area contributed by atoms with E-state index in [1.807, 2.05) is 0 Å². The zero-order valence-corrected chi connectivity index (χ0v) is 28.4. The highest BCUT2D eigenvalue weighted by atomic mass is 35.5. The van der Waals surface area contributed by atoms with Crippen LogP contribution in [-0.2, 0) is 25.1 Å². The van der Waals surface area contributed by atoms with E-state index in [2.05, 4.69) is 31.4 Å². The lowest BCUT2D eigenvalue weighted by molar-refractivity contribution is -0.199. The molecule has 14 heteroatoms. The van der Waals surface area contributed by atoms with Crippen molar-refractivity contribution in [1.82, 2.24) is 15.5 Å². The van der Waals surface area contributed by atoms with Crippen molar-refractivity contribution in [3.8, 4) is 0 Å². The molecule has 3 heterocycles. The van der Waals surface area contributed by atoms with Crippen LogP contribution in [0.3, 0.4) is 0 Å². The number of likely N-dealkylation sites (tertiary alicyclic amines) is 1. The number of hydrogen-bond donors (Lipinski definition) is 3. The van der Waals surface area contributed by atoms with Gasteiger partial charge in [0.2, 0.25) is 11.8 Å². The number of unbranched alkanes of at least 4 members (excludes halogenated alkanes) is 1. The topological polar surface area (TPSA) is 106 Å². The van der Waals surface area contributed by atoms with E-state index in [1.54, 1.807) is 11.0 Å². The van der Waals surface area contributed by atoms with Gasteiger partial charge in [-0.05, 0) is 80.9 Å². The maximum atomic E-state index is 13.9. The number of nitrogens with one attached hydrogen (secondary N) is 2. The fourth-order valence-electron chi connectivity index (χ4n) is 8.89. The molecule has 3 saturated heterocycles. The third kappa shape index (κ3) is 6.68. The number of halogens is 5. The van der Waals surface area contributed by atoms with Gasteiger partial charge in [0.15, 0.2) is 0 Å². The predicted octanol–water partition coefficient (Wildman–Crippen LogP) is 4.72. The Hall–Kier alpha value is -1.57. The van der Waals surface area contributed by atoms with Crippen LogP contribution in [0.2, 0.25) is 0 Å². The Balaban J connectivity index is 0.00000240. The van der Waals surface area contributed by atoms with E-state index in [0.29, 0.717) is 62.8 Å². The minimum atomic E-state index is -4.46. The van der Waals surface area contributed by atoms with Gasteiger partial charge in [0.25, 0.3) is 0 Å². The van der Waals surface area contributed by atoms with E-state index >= 15 is 0 Å². The lowest BCUT2D eigenvalue weighted by Gasteiger charge is -2.64. The normalized spacial score (nSPS) is 33.4. The monoisotopic (exact) mass is 690 g/mol. The van der Waals surface area contributed by atoms with E-state index < -0.39 is 42.3 Å². The maximum Gasteiger partial charge on any atom is 0.481 e. The Kier molecular flexibility index (Phi) is 11.4. The van der Waals surface area contributed by atoms with E-state index in [0.717, 1.165) is 37.8 Å². The molecule has 2 amide bonds. The molecule has 1 aromatic rings. The summed E-state index contributed by atoms with van der Waals surface area (Å²) in [5, 5.41) is 6.41. The second-order valence-corrected chi connectivity index (χ2v) is 14.4. The molecule has 0 aromatic heterocycles. The average Bonchev–Trinajstić information content (AvgIpc) is 3.74. The first-order chi connectivity index (χ1) is 20.8. The molecule has 0 unspecified atom stereocenters. The van der Waals surface area contributed by atoms with Gasteiger partial charge in [-0.1, -0.05) is 38.5 Å². The van der Waals surface area contributed by atoms with Crippen LogP contribution in [0.25, 0.3) is 0 Å². The molecule has 0 radical (unpaired) electrons. The third-order valence-electron chi connectivity index (χ3n) is 11.6. The largest absolute Gasteiger partial charge is 0.481 e. The lowest BCUT2D eigenvalue weighted by Crippen LogP contribution is -2.65. The van der Waals surface area contributed by atoms with Gasteiger partial charge in [0, 0.05) is 25.6 Å². The van der Waals surface area contributed by atoms with Crippen molar-refractivity contribution in [2.24, 2.45) is 28.9 Å². The fourth-order valence-corrected chi connectivity index (χ4v) is 8.89. The van der Waals surface area contributed by atoms with Gasteiger partial charge < -0.3 is 30.6 Å². The van der Waals surface area contributed by atoms with Gasteiger partial charge in [-0.3, -0.25) is 9.59 Å². The highest BCUT2D eigenvalue weighted by Gasteiger charge is 2.68. The van der Waals surface area contributed by atoms with Crippen LogP contribution in [0.15, 0.2) is 24.3 Å². The summed E-state index contributed by atoms with van der Waals surface area (Å²) in [5.74, 6) is -0.737. The van der Waals surface area contributed by atoms with Gasteiger partial charge in [-0.25, -0.2) is 0 Å². The molecule has 3 aliphatic carbocycles. The van der Waals surface area contributed by atoms with Crippen molar-refractivity contribution < 1.29 is 32.1 Å². The van der Waals surface area contributed by atoms with Crippen molar-refractivity contribution in [3.63, 3.8) is 0 Å². The molecular weight excluding hydrogens is 643 g/mol. The molecule has 7 rings (SSSR count). The summed E-state index contributed by atoms with van der Waals surface area (Å²) < 4.78 is 53.5. The number of rotatable bonds is 9. The zero-order chi connectivity index (χ0) is 31.4. The summed E-state index contributed by atoms with van der Waals surface area (Å²) in [7, 11) is -0.572. The van der Waals surface area contributed by atoms with Gasteiger partial charge >= 0.3 is 13.3 Å². The summed E-state index contributed by atoms with van der Waals surface area (Å²) in [6.07, 6.45) is 1.12. The number of nitrogens with zero attached hydrogens (tertiary/aromatic N) is 1. The first-order valence-corrected chi connectivity index (χ1v) is 16.4. The molecule has 258 valence electrons. The van der Waals surface area contributed by atoms with Gasteiger partial charge in [-0.15, -0.1) is 24.8 Å². The Morgan fingerprint density at radius 1 is 1.17 bits per heavy atom. The Labute approximate surface area is 282 Å². The number of carbonyl (C=O) groups excluding carboxylic acids is 2. The SMILES string of the molecule is CC1(C)[C@@H]2C[C@H]3OB([C@H](CCCCN)NC(=O)[C@@H]4CCCN4C(=O)[C@@H]4CNC[C@H]4c4cccc(C(F)(F)F)c4)O[C@@]3(C)[C@H]1C2.Cl.Cl. The molecule has 1 aromatic carbocycles. The second kappa shape index (κ2) is 14.1. The molecule has 3 aliphatic heterocycles. The summed E-state index contributed by atoms with van der Waals surface area (Å²) >= 11 is 0. The van der Waals surface area contributed by atoms with Crippen LogP contribution < -0.4 is 16.4 Å². The van der Waals surface area contributed by atoms with E-state index in [9.17, 15) is 22.8 Å². The predicted molar refractivity (Wildman–Crippen MR) is 175 cm³/mol. The summed E-state index contributed by atoms with van der Waals surface area (Å²) in [5.41, 5.74) is 5.34. The first-order valence-electron chi connectivity index (χ1n) is 16.4. The first kappa shape index (κ1) is 37.3. The van der Waals surface area contributed by atoms with Crippen LogP contribution >= 0.6 is 24.8 Å². The van der Waals surface area contributed by atoms with Crippen LogP contribution in [0.4, 0.5) is 13.2 Å². The number of alkyl halides is 3. The third-order valence-corrected chi connectivity index (χ3v) is 11.6. The highest BCUT2D eigenvalue weighted by molar-refractivity contribution is 6.47. The van der Waals surface area contributed by atoms with Gasteiger partial charge in [0.1, 0.15) is 6.04 Å². The molecule has 6 fully saturated rings. The summed E-state index contributed by atoms with van der Waals surface area (Å²) in [4.78, 5) is 29.4. The molecule has 8 atom stereocenters. The zero-order valence-electron chi connectivity index (χ0n) is 26.8. The molecular formula is C32H48BCl2F3N4O4. The van der Waals surface area contributed by atoms with Crippen molar-refractivity contribution in [2.45, 2.75) is 101 Å².